The predicted octanol–water partition coefficient (Wildman–Crippen LogP) is 6.40. The zero-order valence-electron chi connectivity index (χ0n) is 20.0. The maximum atomic E-state index is 12.8. The topological polar surface area (TPSA) is 74.7 Å². The van der Waals surface area contributed by atoms with Gasteiger partial charge in [0.25, 0.3) is 5.91 Å². The lowest BCUT2D eigenvalue weighted by molar-refractivity contribution is -0.141. The van der Waals surface area contributed by atoms with Crippen LogP contribution >= 0.6 is 11.6 Å². The second-order valence-electron chi connectivity index (χ2n) is 8.46. The van der Waals surface area contributed by atoms with Crippen LogP contribution in [0.1, 0.15) is 53.0 Å². The van der Waals surface area contributed by atoms with Crippen LogP contribution in [0.15, 0.2) is 72.8 Å². The van der Waals surface area contributed by atoms with Gasteiger partial charge in [-0.2, -0.15) is 0 Å². The van der Waals surface area contributed by atoms with Crippen molar-refractivity contribution in [3.05, 3.63) is 94.5 Å². The van der Waals surface area contributed by atoms with Gasteiger partial charge in [-0.25, -0.2) is 0 Å². The highest BCUT2D eigenvalue weighted by molar-refractivity contribution is 6.30. The molecule has 0 bridgehead atoms. The van der Waals surface area contributed by atoms with Crippen LogP contribution in [0.25, 0.3) is 11.1 Å². The third-order valence-corrected chi connectivity index (χ3v) is 6.45. The molecule has 6 heteroatoms. The molecule has 0 aromatic heterocycles. The molecule has 0 fully saturated rings. The van der Waals surface area contributed by atoms with Gasteiger partial charge in [0.15, 0.2) is 5.78 Å². The summed E-state index contributed by atoms with van der Waals surface area (Å²) < 4.78 is 0. The average molecular weight is 492 g/mol. The van der Waals surface area contributed by atoms with Crippen LogP contribution in [0.4, 0.5) is 0 Å². The molecule has 0 radical (unpaired) electrons. The molecule has 0 spiro atoms. The maximum absolute atomic E-state index is 12.8. The molecule has 0 aliphatic heterocycles. The van der Waals surface area contributed by atoms with E-state index in [1.165, 1.54) is 0 Å². The number of carboxylic acid groups (broad SMARTS) is 1. The summed E-state index contributed by atoms with van der Waals surface area (Å²) in [6, 6.07) is 21.9. The quantitative estimate of drug-likeness (QED) is 0.315. The number of carbonyl (C=O) groups excluding carboxylic acids is 2. The number of halogens is 1. The summed E-state index contributed by atoms with van der Waals surface area (Å²) in [7, 11) is 0. The Balaban J connectivity index is 1.60. The van der Waals surface area contributed by atoms with E-state index in [1.807, 2.05) is 62.4 Å². The van der Waals surface area contributed by atoms with Gasteiger partial charge in [-0.3, -0.25) is 14.4 Å². The normalized spacial score (nSPS) is 11.6. The van der Waals surface area contributed by atoms with E-state index in [2.05, 4.69) is 0 Å². The lowest BCUT2D eigenvalue weighted by Crippen LogP contribution is -2.30. The Bertz CT molecular complexity index is 1150. The van der Waals surface area contributed by atoms with Crippen molar-refractivity contribution in [1.29, 1.82) is 0 Å². The van der Waals surface area contributed by atoms with Gasteiger partial charge in [0.1, 0.15) is 0 Å². The number of aliphatic carboxylic acids is 1. The zero-order valence-corrected chi connectivity index (χ0v) is 20.8. The Morgan fingerprint density at radius 1 is 0.800 bits per heavy atom. The first kappa shape index (κ1) is 26.2. The molecule has 3 aromatic rings. The van der Waals surface area contributed by atoms with Crippen molar-refractivity contribution in [3.8, 4) is 11.1 Å². The van der Waals surface area contributed by atoms with Crippen LogP contribution < -0.4 is 0 Å². The fraction of sp³-hybridized carbons (Fsp3) is 0.276. The second-order valence-corrected chi connectivity index (χ2v) is 8.90. The van der Waals surface area contributed by atoms with Crippen molar-refractivity contribution < 1.29 is 19.5 Å². The van der Waals surface area contributed by atoms with Crippen LogP contribution in [0.3, 0.4) is 0 Å². The van der Waals surface area contributed by atoms with Crippen LogP contribution in [0.5, 0.6) is 0 Å². The molecule has 0 saturated carbocycles. The highest BCUT2D eigenvalue weighted by Crippen LogP contribution is 2.23. The van der Waals surface area contributed by atoms with Gasteiger partial charge in [-0.05, 0) is 67.6 Å². The monoisotopic (exact) mass is 491 g/mol. The van der Waals surface area contributed by atoms with Crippen LogP contribution in [-0.2, 0) is 11.2 Å². The number of benzene rings is 3. The number of carboxylic acids is 1. The molecule has 1 N–H and O–H groups in total. The summed E-state index contributed by atoms with van der Waals surface area (Å²) >= 11 is 5.94. The molecule has 3 rings (SSSR count). The molecule has 0 saturated heterocycles. The largest absolute Gasteiger partial charge is 0.481 e. The van der Waals surface area contributed by atoms with Crippen molar-refractivity contribution in [1.82, 2.24) is 4.90 Å². The molecular weight excluding hydrogens is 462 g/mol. The minimum atomic E-state index is -0.982. The number of ketones is 1. The summed E-state index contributed by atoms with van der Waals surface area (Å²) in [4.78, 5) is 38.8. The maximum Gasteiger partial charge on any atom is 0.306 e. The first-order chi connectivity index (χ1) is 16.8. The lowest BCUT2D eigenvalue weighted by atomic mass is 9.91. The van der Waals surface area contributed by atoms with E-state index < -0.39 is 11.9 Å². The van der Waals surface area contributed by atoms with Crippen LogP contribution in [-0.4, -0.2) is 40.8 Å². The van der Waals surface area contributed by atoms with E-state index >= 15 is 0 Å². The van der Waals surface area contributed by atoms with E-state index in [9.17, 15) is 19.5 Å². The SMILES string of the molecule is CCN(CC)C(=O)c1ccc(CCC(CC(=O)c2ccc(-c3ccc(Cl)cc3)cc2)C(=O)O)cc1. The van der Waals surface area contributed by atoms with Gasteiger partial charge in [0.05, 0.1) is 5.92 Å². The Labute approximate surface area is 211 Å². The molecule has 1 unspecified atom stereocenters. The van der Waals surface area contributed by atoms with Gasteiger partial charge < -0.3 is 10.0 Å². The number of carbonyl (C=O) groups is 3. The number of hydrogen-bond donors (Lipinski definition) is 1. The molecular formula is C29H30ClNO4. The minimum absolute atomic E-state index is 0.0161. The summed E-state index contributed by atoms with van der Waals surface area (Å²) in [5.74, 6) is -1.97. The van der Waals surface area contributed by atoms with E-state index in [0.717, 1.165) is 16.7 Å². The number of hydrogen-bond acceptors (Lipinski definition) is 3. The minimum Gasteiger partial charge on any atom is -0.481 e. The van der Waals surface area contributed by atoms with Gasteiger partial charge in [-0.15, -0.1) is 0 Å². The number of amides is 1. The van der Waals surface area contributed by atoms with Gasteiger partial charge in [-0.1, -0.05) is 60.1 Å². The van der Waals surface area contributed by atoms with Gasteiger partial charge in [0.2, 0.25) is 0 Å². The summed E-state index contributed by atoms with van der Waals surface area (Å²) in [6.45, 7) is 5.18. The standard InChI is InChI=1S/C29H30ClNO4/c1-3-31(4-2)28(33)24-8-5-20(6-9-24)7-10-25(29(34)35)19-27(32)23-13-11-21(12-14-23)22-15-17-26(30)18-16-22/h5-6,8-9,11-18,25H,3-4,7,10,19H2,1-2H3,(H,34,35). The number of rotatable bonds is 11. The molecule has 1 amide bonds. The Hall–Kier alpha value is -3.44. The first-order valence-corrected chi connectivity index (χ1v) is 12.2. The van der Waals surface area contributed by atoms with E-state index in [0.29, 0.717) is 42.1 Å². The summed E-state index contributed by atoms with van der Waals surface area (Å²) in [5, 5.41) is 10.3. The molecule has 0 aliphatic carbocycles. The van der Waals surface area contributed by atoms with Crippen molar-refractivity contribution in [2.75, 3.05) is 13.1 Å². The fourth-order valence-corrected chi connectivity index (χ4v) is 4.12. The van der Waals surface area contributed by atoms with Crippen LogP contribution in [0.2, 0.25) is 5.02 Å². The smallest absolute Gasteiger partial charge is 0.306 e. The molecule has 5 nitrogen and oxygen atoms in total. The summed E-state index contributed by atoms with van der Waals surface area (Å²) in [6.07, 6.45) is 0.793. The van der Waals surface area contributed by atoms with E-state index in [4.69, 9.17) is 11.6 Å². The van der Waals surface area contributed by atoms with Crippen molar-refractivity contribution in [3.63, 3.8) is 0 Å². The summed E-state index contributed by atoms with van der Waals surface area (Å²) in [5.41, 5.74) is 3.99. The van der Waals surface area contributed by atoms with E-state index in [1.54, 1.807) is 29.2 Å². The fourth-order valence-electron chi connectivity index (χ4n) is 3.99. The predicted molar refractivity (Wildman–Crippen MR) is 139 cm³/mol. The molecule has 3 aromatic carbocycles. The van der Waals surface area contributed by atoms with E-state index in [-0.39, 0.29) is 18.1 Å². The third kappa shape index (κ3) is 7.03. The molecule has 1 atom stereocenters. The molecule has 0 heterocycles. The van der Waals surface area contributed by atoms with Gasteiger partial charge in [0, 0.05) is 35.7 Å². The van der Waals surface area contributed by atoms with Crippen molar-refractivity contribution >= 4 is 29.3 Å². The first-order valence-electron chi connectivity index (χ1n) is 11.8. The Kier molecular flexibility index (Phi) is 9.21. The zero-order chi connectivity index (χ0) is 25.4. The number of nitrogens with zero attached hydrogens (tertiary/aromatic N) is 1. The Morgan fingerprint density at radius 3 is 1.83 bits per heavy atom. The number of aryl methyl sites for hydroxylation is 1. The average Bonchev–Trinajstić information content (AvgIpc) is 2.87. The highest BCUT2D eigenvalue weighted by atomic mass is 35.5. The van der Waals surface area contributed by atoms with Crippen LogP contribution in [0, 0.1) is 5.92 Å². The molecule has 35 heavy (non-hydrogen) atoms. The van der Waals surface area contributed by atoms with Crippen molar-refractivity contribution in [2.45, 2.75) is 33.1 Å². The van der Waals surface area contributed by atoms with Crippen molar-refractivity contribution in [2.24, 2.45) is 5.92 Å². The highest BCUT2D eigenvalue weighted by Gasteiger charge is 2.22. The van der Waals surface area contributed by atoms with Gasteiger partial charge >= 0.3 is 5.97 Å². The lowest BCUT2D eigenvalue weighted by Gasteiger charge is -2.18. The second kappa shape index (κ2) is 12.3. The number of Topliss-reactive ketones (excluding diaryl/α,β-unsaturated/α-hetero) is 1. The molecule has 0 aliphatic rings. The Morgan fingerprint density at radius 2 is 1.31 bits per heavy atom. The third-order valence-electron chi connectivity index (χ3n) is 6.20. The molecule has 182 valence electrons.